The molecule has 0 unspecified atom stereocenters. The first kappa shape index (κ1) is 9.55. The fraction of sp³-hybridized carbons (Fsp3) is 0. The molecule has 2 heteroatoms. The van der Waals surface area contributed by atoms with Crippen molar-refractivity contribution in [1.29, 1.82) is 0 Å². The van der Waals surface area contributed by atoms with Crippen LogP contribution in [0.4, 0.5) is 0 Å². The minimum Gasteiger partial charge on any atom is -0.455 e. The van der Waals surface area contributed by atoms with Gasteiger partial charge in [0.05, 0.1) is 9.79 Å². The van der Waals surface area contributed by atoms with Gasteiger partial charge in [-0.25, -0.2) is 0 Å². The van der Waals surface area contributed by atoms with Gasteiger partial charge in [0.2, 0.25) is 0 Å². The Morgan fingerprint density at radius 2 is 1.81 bits per heavy atom. The van der Waals surface area contributed by atoms with Gasteiger partial charge in [-0.2, -0.15) is 0 Å². The van der Waals surface area contributed by atoms with Gasteiger partial charge >= 0.3 is 0 Å². The molecule has 0 spiro atoms. The van der Waals surface area contributed by atoms with Crippen LogP contribution >= 0.6 is 11.8 Å². The lowest BCUT2D eigenvalue weighted by atomic mass is 10.2. The van der Waals surface area contributed by atoms with Crippen LogP contribution in [0.3, 0.4) is 0 Å². The molecule has 0 saturated heterocycles. The van der Waals surface area contributed by atoms with E-state index in [-0.39, 0.29) is 0 Å². The SMILES string of the molecule is C=Cc1ccc2c(c1)Oc1ccccc1S2. The number of benzene rings is 2. The smallest absolute Gasteiger partial charge is 0.141 e. The van der Waals surface area contributed by atoms with E-state index in [0.29, 0.717) is 0 Å². The van der Waals surface area contributed by atoms with E-state index >= 15 is 0 Å². The Hall–Kier alpha value is -1.67. The number of ether oxygens (including phenoxy) is 1. The second kappa shape index (κ2) is 3.72. The van der Waals surface area contributed by atoms with Crippen molar-refractivity contribution in [1.82, 2.24) is 0 Å². The Morgan fingerprint density at radius 3 is 2.69 bits per heavy atom. The monoisotopic (exact) mass is 226 g/mol. The minimum atomic E-state index is 0.918. The molecule has 78 valence electrons. The van der Waals surface area contributed by atoms with Crippen LogP contribution in [-0.4, -0.2) is 0 Å². The Balaban J connectivity index is 2.08. The summed E-state index contributed by atoms with van der Waals surface area (Å²) >= 11 is 1.74. The van der Waals surface area contributed by atoms with Crippen LogP contribution in [0.1, 0.15) is 5.56 Å². The van der Waals surface area contributed by atoms with Crippen molar-refractivity contribution in [2.45, 2.75) is 9.79 Å². The quantitative estimate of drug-likeness (QED) is 0.600. The van der Waals surface area contributed by atoms with Gasteiger partial charge in [0.15, 0.2) is 0 Å². The highest BCUT2D eigenvalue weighted by atomic mass is 32.2. The maximum atomic E-state index is 5.85. The molecule has 0 atom stereocenters. The summed E-state index contributed by atoms with van der Waals surface area (Å²) in [4.78, 5) is 2.32. The predicted octanol–water partition coefficient (Wildman–Crippen LogP) is 4.59. The van der Waals surface area contributed by atoms with Crippen LogP contribution in [0.5, 0.6) is 11.5 Å². The average Bonchev–Trinajstić information content (AvgIpc) is 2.35. The molecule has 0 amide bonds. The molecule has 0 bridgehead atoms. The van der Waals surface area contributed by atoms with E-state index in [1.165, 1.54) is 4.90 Å². The second-order valence-corrected chi connectivity index (χ2v) is 4.64. The highest BCUT2D eigenvalue weighted by Gasteiger charge is 2.16. The van der Waals surface area contributed by atoms with Crippen LogP contribution in [0.2, 0.25) is 0 Å². The molecule has 16 heavy (non-hydrogen) atoms. The third-order valence-corrected chi connectivity index (χ3v) is 3.61. The van der Waals surface area contributed by atoms with Gasteiger partial charge < -0.3 is 4.74 Å². The number of hydrogen-bond donors (Lipinski definition) is 0. The molecule has 0 aliphatic carbocycles. The van der Waals surface area contributed by atoms with Crippen molar-refractivity contribution in [3.05, 3.63) is 54.6 Å². The van der Waals surface area contributed by atoms with Crippen LogP contribution in [0.25, 0.3) is 6.08 Å². The third-order valence-electron chi connectivity index (χ3n) is 2.49. The zero-order valence-electron chi connectivity index (χ0n) is 8.64. The summed E-state index contributed by atoms with van der Waals surface area (Å²) in [5, 5.41) is 0. The molecule has 1 heterocycles. The van der Waals surface area contributed by atoms with E-state index in [1.54, 1.807) is 11.8 Å². The van der Waals surface area contributed by atoms with Crippen molar-refractivity contribution in [3.8, 4) is 11.5 Å². The summed E-state index contributed by atoms with van der Waals surface area (Å²) in [5.74, 6) is 1.85. The second-order valence-electron chi connectivity index (χ2n) is 3.56. The molecular formula is C14H10OS. The van der Waals surface area contributed by atoms with Crippen LogP contribution in [0, 0.1) is 0 Å². The summed E-state index contributed by atoms with van der Waals surface area (Å²) in [6, 6.07) is 14.2. The predicted molar refractivity (Wildman–Crippen MR) is 67.2 cm³/mol. The minimum absolute atomic E-state index is 0.918. The average molecular weight is 226 g/mol. The summed E-state index contributed by atoms with van der Waals surface area (Å²) in [5.41, 5.74) is 1.08. The standard InChI is InChI=1S/C14H10OS/c1-2-10-7-8-14-12(9-10)15-11-5-3-4-6-13(11)16-14/h2-9H,1H2. The van der Waals surface area contributed by atoms with Gasteiger partial charge in [-0.05, 0) is 29.8 Å². The molecule has 1 nitrogen and oxygen atoms in total. The molecule has 0 aromatic heterocycles. The van der Waals surface area contributed by atoms with Gasteiger partial charge in [-0.1, -0.05) is 42.6 Å². The van der Waals surface area contributed by atoms with Crippen LogP contribution < -0.4 is 4.74 Å². The van der Waals surface area contributed by atoms with Crippen molar-refractivity contribution in [2.75, 3.05) is 0 Å². The molecule has 0 saturated carbocycles. The summed E-state index contributed by atoms with van der Waals surface area (Å²) in [6.07, 6.45) is 1.83. The molecule has 2 aromatic rings. The van der Waals surface area contributed by atoms with Gasteiger partial charge in [-0.15, -0.1) is 0 Å². The first-order chi connectivity index (χ1) is 7.86. The maximum absolute atomic E-state index is 5.85. The Kier molecular flexibility index (Phi) is 2.22. The molecule has 1 aliphatic rings. The van der Waals surface area contributed by atoms with Gasteiger partial charge in [0, 0.05) is 0 Å². The number of fused-ring (bicyclic) bond motifs is 2. The normalized spacial score (nSPS) is 12.2. The molecule has 0 N–H and O–H groups in total. The van der Waals surface area contributed by atoms with E-state index < -0.39 is 0 Å². The molecule has 0 radical (unpaired) electrons. The zero-order valence-corrected chi connectivity index (χ0v) is 9.46. The van der Waals surface area contributed by atoms with Crippen molar-refractivity contribution >= 4 is 17.8 Å². The first-order valence-corrected chi connectivity index (χ1v) is 5.90. The van der Waals surface area contributed by atoms with Gasteiger partial charge in [0.1, 0.15) is 11.5 Å². The molecule has 2 aromatic carbocycles. The fourth-order valence-electron chi connectivity index (χ4n) is 1.67. The molecule has 0 fully saturated rings. The fourth-order valence-corrected chi connectivity index (χ4v) is 2.60. The number of hydrogen-bond acceptors (Lipinski definition) is 2. The number of para-hydroxylation sites is 1. The van der Waals surface area contributed by atoms with Crippen molar-refractivity contribution < 1.29 is 4.74 Å². The summed E-state index contributed by atoms with van der Waals surface area (Å²) in [7, 11) is 0. The highest BCUT2D eigenvalue weighted by molar-refractivity contribution is 7.99. The van der Waals surface area contributed by atoms with Crippen LogP contribution in [0.15, 0.2) is 58.8 Å². The van der Waals surface area contributed by atoms with E-state index in [0.717, 1.165) is 22.0 Å². The van der Waals surface area contributed by atoms with Crippen molar-refractivity contribution in [2.24, 2.45) is 0 Å². The third kappa shape index (κ3) is 1.51. The lowest BCUT2D eigenvalue weighted by Crippen LogP contribution is -1.94. The molecular weight excluding hydrogens is 216 g/mol. The topological polar surface area (TPSA) is 9.23 Å². The van der Waals surface area contributed by atoms with E-state index in [4.69, 9.17) is 4.74 Å². The summed E-state index contributed by atoms with van der Waals surface area (Å²) < 4.78 is 5.85. The van der Waals surface area contributed by atoms with E-state index in [1.807, 2.05) is 30.3 Å². The summed E-state index contributed by atoms with van der Waals surface area (Å²) in [6.45, 7) is 3.76. The molecule has 1 aliphatic heterocycles. The molecule has 3 rings (SSSR count). The van der Waals surface area contributed by atoms with E-state index in [2.05, 4.69) is 24.8 Å². The van der Waals surface area contributed by atoms with E-state index in [9.17, 15) is 0 Å². The zero-order chi connectivity index (χ0) is 11.0. The highest BCUT2D eigenvalue weighted by Crippen LogP contribution is 2.46. The Morgan fingerprint density at radius 1 is 1.00 bits per heavy atom. The Bertz CT molecular complexity index is 560. The van der Waals surface area contributed by atoms with Crippen LogP contribution in [-0.2, 0) is 0 Å². The van der Waals surface area contributed by atoms with Crippen molar-refractivity contribution in [3.63, 3.8) is 0 Å². The number of rotatable bonds is 1. The lowest BCUT2D eigenvalue weighted by Gasteiger charge is -2.19. The first-order valence-electron chi connectivity index (χ1n) is 5.08. The van der Waals surface area contributed by atoms with Gasteiger partial charge in [-0.3, -0.25) is 0 Å². The largest absolute Gasteiger partial charge is 0.455 e. The Labute approximate surface area is 98.8 Å². The maximum Gasteiger partial charge on any atom is 0.141 e. The van der Waals surface area contributed by atoms with Gasteiger partial charge in [0.25, 0.3) is 0 Å². The lowest BCUT2D eigenvalue weighted by molar-refractivity contribution is 0.454.